The van der Waals surface area contributed by atoms with E-state index in [1.54, 1.807) is 18.2 Å². The molecule has 2 aromatic carbocycles. The molecule has 0 fully saturated rings. The summed E-state index contributed by atoms with van der Waals surface area (Å²) in [6, 6.07) is 6.32. The summed E-state index contributed by atoms with van der Waals surface area (Å²) in [6.45, 7) is 0. The van der Waals surface area contributed by atoms with Crippen molar-refractivity contribution < 1.29 is 32.1 Å². The van der Waals surface area contributed by atoms with Crippen molar-refractivity contribution in [1.82, 2.24) is 0 Å². The Kier molecular flexibility index (Phi) is 5.15. The molecule has 1 unspecified atom stereocenters. The van der Waals surface area contributed by atoms with E-state index in [2.05, 4.69) is 0 Å². The Hall–Kier alpha value is -2.54. The molecule has 1 aliphatic rings. The van der Waals surface area contributed by atoms with Crippen LogP contribution >= 0.6 is 11.6 Å². The van der Waals surface area contributed by atoms with E-state index < -0.39 is 12.3 Å². The van der Waals surface area contributed by atoms with Gasteiger partial charge in [-0.2, -0.15) is 13.2 Å². The van der Waals surface area contributed by atoms with Crippen molar-refractivity contribution >= 4 is 17.7 Å². The van der Waals surface area contributed by atoms with E-state index in [1.807, 2.05) is 0 Å². The molecule has 0 N–H and O–H groups in total. The SMILES string of the molecule is COc1cc(-c2cc(Cl)cc3c2OC(C(F)(F)F)C=C3)cc(OC)c1OC. The molecule has 27 heavy (non-hydrogen) atoms. The number of alkyl halides is 3. The number of hydrogen-bond donors (Lipinski definition) is 0. The Labute approximate surface area is 159 Å². The van der Waals surface area contributed by atoms with Gasteiger partial charge in [-0.3, -0.25) is 0 Å². The molecule has 3 rings (SSSR count). The van der Waals surface area contributed by atoms with Gasteiger partial charge in [0.1, 0.15) is 5.75 Å². The number of fused-ring (bicyclic) bond motifs is 1. The van der Waals surface area contributed by atoms with Gasteiger partial charge in [-0.15, -0.1) is 0 Å². The van der Waals surface area contributed by atoms with Crippen molar-refractivity contribution in [3.05, 3.63) is 40.9 Å². The molecule has 1 atom stereocenters. The van der Waals surface area contributed by atoms with Gasteiger partial charge in [0.15, 0.2) is 11.5 Å². The van der Waals surface area contributed by atoms with Crippen molar-refractivity contribution in [3.63, 3.8) is 0 Å². The maximum Gasteiger partial charge on any atom is 0.429 e. The molecule has 144 valence electrons. The summed E-state index contributed by atoms with van der Waals surface area (Å²) in [4.78, 5) is 0. The van der Waals surface area contributed by atoms with Crippen molar-refractivity contribution in [2.24, 2.45) is 0 Å². The highest BCUT2D eigenvalue weighted by Crippen LogP contribution is 2.46. The fourth-order valence-corrected chi connectivity index (χ4v) is 3.08. The molecular weight excluding hydrogens is 385 g/mol. The van der Waals surface area contributed by atoms with Crippen LogP contribution in [0.15, 0.2) is 30.3 Å². The summed E-state index contributed by atoms with van der Waals surface area (Å²) in [5.41, 5.74) is 1.35. The zero-order valence-corrected chi connectivity index (χ0v) is 15.4. The zero-order valence-electron chi connectivity index (χ0n) is 14.7. The summed E-state index contributed by atoms with van der Waals surface area (Å²) in [5, 5.41) is 0.358. The first kappa shape index (κ1) is 19.2. The van der Waals surface area contributed by atoms with Crippen LogP contribution in [-0.2, 0) is 0 Å². The maximum absolute atomic E-state index is 13.1. The fourth-order valence-electron chi connectivity index (χ4n) is 2.85. The third kappa shape index (κ3) is 3.64. The summed E-state index contributed by atoms with van der Waals surface area (Å²) < 4.78 is 60.6. The van der Waals surface area contributed by atoms with Crippen molar-refractivity contribution in [2.45, 2.75) is 12.3 Å². The molecule has 0 spiro atoms. The Morgan fingerprint density at radius 1 is 0.963 bits per heavy atom. The second kappa shape index (κ2) is 7.23. The molecule has 1 heterocycles. The van der Waals surface area contributed by atoms with E-state index >= 15 is 0 Å². The topological polar surface area (TPSA) is 36.9 Å². The minimum atomic E-state index is -4.53. The van der Waals surface area contributed by atoms with Crippen LogP contribution in [0.3, 0.4) is 0 Å². The van der Waals surface area contributed by atoms with Gasteiger partial charge in [0.2, 0.25) is 11.9 Å². The fraction of sp³-hybridized carbons (Fsp3) is 0.263. The average molecular weight is 401 g/mol. The summed E-state index contributed by atoms with van der Waals surface area (Å²) >= 11 is 6.17. The number of hydrogen-bond acceptors (Lipinski definition) is 4. The van der Waals surface area contributed by atoms with E-state index in [4.69, 9.17) is 30.5 Å². The number of halogens is 4. The molecule has 0 amide bonds. The second-order valence-corrected chi connectivity index (χ2v) is 6.16. The lowest BCUT2D eigenvalue weighted by molar-refractivity contribution is -0.180. The van der Waals surface area contributed by atoms with Gasteiger partial charge in [0.05, 0.1) is 21.3 Å². The average Bonchev–Trinajstić information content (AvgIpc) is 2.64. The van der Waals surface area contributed by atoms with Crippen LogP contribution in [0.1, 0.15) is 5.56 Å². The summed E-state index contributed by atoms with van der Waals surface area (Å²) in [6.07, 6.45) is -4.26. The van der Waals surface area contributed by atoms with E-state index in [0.717, 1.165) is 6.08 Å². The largest absolute Gasteiger partial charge is 0.493 e. The van der Waals surface area contributed by atoms with Crippen LogP contribution in [0.2, 0.25) is 5.02 Å². The van der Waals surface area contributed by atoms with Crippen LogP contribution in [0.5, 0.6) is 23.0 Å². The lowest BCUT2D eigenvalue weighted by Crippen LogP contribution is -2.34. The molecule has 1 aliphatic heterocycles. The van der Waals surface area contributed by atoms with E-state index in [0.29, 0.717) is 39.0 Å². The highest BCUT2D eigenvalue weighted by molar-refractivity contribution is 6.31. The van der Waals surface area contributed by atoms with Gasteiger partial charge in [0.25, 0.3) is 0 Å². The smallest absolute Gasteiger partial charge is 0.429 e. The molecule has 4 nitrogen and oxygen atoms in total. The highest BCUT2D eigenvalue weighted by atomic mass is 35.5. The minimum absolute atomic E-state index is 0.0819. The number of benzene rings is 2. The van der Waals surface area contributed by atoms with Crippen LogP contribution in [0, 0.1) is 0 Å². The van der Waals surface area contributed by atoms with E-state index in [-0.39, 0.29) is 5.75 Å². The first-order chi connectivity index (χ1) is 12.8. The maximum atomic E-state index is 13.1. The normalized spacial score (nSPS) is 15.7. The highest BCUT2D eigenvalue weighted by Gasteiger charge is 2.42. The lowest BCUT2D eigenvalue weighted by Gasteiger charge is -2.26. The van der Waals surface area contributed by atoms with Crippen LogP contribution in [-0.4, -0.2) is 33.6 Å². The molecular formula is C19H16ClF3O4. The molecule has 0 bridgehead atoms. The van der Waals surface area contributed by atoms with Crippen molar-refractivity contribution in [2.75, 3.05) is 21.3 Å². The molecule has 0 radical (unpaired) electrons. The molecule has 0 aromatic heterocycles. The van der Waals surface area contributed by atoms with Crippen molar-refractivity contribution in [1.29, 1.82) is 0 Å². The molecule has 0 saturated carbocycles. The summed E-state index contributed by atoms with van der Waals surface area (Å²) in [7, 11) is 4.37. The monoisotopic (exact) mass is 400 g/mol. The van der Waals surface area contributed by atoms with Gasteiger partial charge >= 0.3 is 6.18 Å². The first-order valence-corrected chi connectivity index (χ1v) is 8.21. The van der Waals surface area contributed by atoms with Gasteiger partial charge in [-0.25, -0.2) is 0 Å². The molecule has 8 heteroatoms. The van der Waals surface area contributed by atoms with Gasteiger partial charge in [-0.05, 0) is 35.9 Å². The summed E-state index contributed by atoms with van der Waals surface area (Å²) in [5.74, 6) is 1.17. The third-order valence-corrected chi connectivity index (χ3v) is 4.29. The second-order valence-electron chi connectivity index (χ2n) is 5.72. The van der Waals surface area contributed by atoms with Crippen LogP contribution < -0.4 is 18.9 Å². The Balaban J connectivity index is 2.19. The van der Waals surface area contributed by atoms with E-state index in [9.17, 15) is 13.2 Å². The van der Waals surface area contributed by atoms with Gasteiger partial charge in [0, 0.05) is 16.1 Å². The number of methoxy groups -OCH3 is 3. The first-order valence-electron chi connectivity index (χ1n) is 7.84. The number of rotatable bonds is 4. The predicted octanol–water partition coefficient (Wildman–Crippen LogP) is 5.37. The molecule has 0 aliphatic carbocycles. The zero-order chi connectivity index (χ0) is 19.8. The third-order valence-electron chi connectivity index (χ3n) is 4.08. The Morgan fingerprint density at radius 2 is 1.59 bits per heavy atom. The van der Waals surface area contributed by atoms with E-state index in [1.165, 1.54) is 33.5 Å². The molecule has 0 saturated heterocycles. The Bertz CT molecular complexity index is 868. The lowest BCUT2D eigenvalue weighted by atomic mass is 9.98. The van der Waals surface area contributed by atoms with Gasteiger partial charge < -0.3 is 18.9 Å². The predicted molar refractivity (Wildman–Crippen MR) is 96.0 cm³/mol. The van der Waals surface area contributed by atoms with Crippen LogP contribution in [0.4, 0.5) is 13.2 Å². The number of ether oxygens (including phenoxy) is 4. The van der Waals surface area contributed by atoms with Crippen LogP contribution in [0.25, 0.3) is 17.2 Å². The minimum Gasteiger partial charge on any atom is -0.493 e. The van der Waals surface area contributed by atoms with Gasteiger partial charge in [-0.1, -0.05) is 17.7 Å². The standard InChI is InChI=1S/C19H16ClF3O4/c1-24-14-7-11(8-15(25-2)18(14)26-3)13-9-12(20)6-10-4-5-16(19(21,22)23)27-17(10)13/h4-9,16H,1-3H3. The Morgan fingerprint density at radius 3 is 2.11 bits per heavy atom. The van der Waals surface area contributed by atoms with Crippen molar-refractivity contribution in [3.8, 4) is 34.1 Å². The molecule has 2 aromatic rings. The quantitative estimate of drug-likeness (QED) is 0.691.